The summed E-state index contributed by atoms with van der Waals surface area (Å²) in [6, 6.07) is 5.07. The molecule has 0 aliphatic carbocycles. The molecular weight excluding hydrogens is 353 g/mol. The van der Waals surface area contributed by atoms with Gasteiger partial charge in [0.05, 0.1) is 12.6 Å². The smallest absolute Gasteiger partial charge is 0.320 e. The number of rotatable bonds is 3. The Morgan fingerprint density at radius 3 is 2.63 bits per heavy atom. The number of hydrogen-bond acceptors (Lipinski definition) is 3. The molecule has 3 rings (SSSR count). The first-order valence-electron chi connectivity index (χ1n) is 8.82. The highest BCUT2D eigenvalue weighted by Gasteiger charge is 2.50. The number of urea groups is 2. The van der Waals surface area contributed by atoms with E-state index in [0.29, 0.717) is 19.6 Å². The van der Waals surface area contributed by atoms with E-state index < -0.39 is 6.03 Å². The number of benzene rings is 1. The maximum absolute atomic E-state index is 13.8. The van der Waals surface area contributed by atoms with Crippen molar-refractivity contribution >= 4 is 18.0 Å². The largest absolute Gasteiger partial charge is 0.352 e. The van der Waals surface area contributed by atoms with Crippen LogP contribution in [0.25, 0.3) is 0 Å². The van der Waals surface area contributed by atoms with E-state index in [1.807, 2.05) is 6.07 Å². The molecule has 0 saturated carbocycles. The zero-order valence-corrected chi connectivity index (χ0v) is 15.4. The van der Waals surface area contributed by atoms with Gasteiger partial charge in [-0.05, 0) is 17.7 Å². The van der Waals surface area contributed by atoms with Crippen molar-refractivity contribution in [3.05, 3.63) is 35.6 Å². The van der Waals surface area contributed by atoms with E-state index in [9.17, 15) is 18.8 Å². The van der Waals surface area contributed by atoms with Gasteiger partial charge in [-0.25, -0.2) is 14.0 Å². The molecule has 2 aliphatic heterocycles. The van der Waals surface area contributed by atoms with E-state index in [0.717, 1.165) is 5.56 Å². The fourth-order valence-electron chi connectivity index (χ4n) is 4.09. The van der Waals surface area contributed by atoms with Crippen LogP contribution in [-0.4, -0.2) is 72.9 Å². The number of hydrogen-bond donors (Lipinski definition) is 2. The Kier molecular flexibility index (Phi) is 5.20. The number of amides is 5. The van der Waals surface area contributed by atoms with Crippen LogP contribution in [0.5, 0.6) is 0 Å². The molecule has 8 nitrogen and oxygen atoms in total. The lowest BCUT2D eigenvalue weighted by Gasteiger charge is -2.32. The molecule has 2 fully saturated rings. The Morgan fingerprint density at radius 1 is 1.26 bits per heavy atom. The molecule has 3 atom stereocenters. The van der Waals surface area contributed by atoms with Crippen molar-refractivity contribution in [3.63, 3.8) is 0 Å². The lowest BCUT2D eigenvalue weighted by atomic mass is 9.89. The molecule has 0 bridgehead atoms. The van der Waals surface area contributed by atoms with Crippen LogP contribution in [0.2, 0.25) is 0 Å². The molecule has 0 unspecified atom stereocenters. The highest BCUT2D eigenvalue weighted by atomic mass is 19.1. The van der Waals surface area contributed by atoms with Crippen LogP contribution in [0.4, 0.5) is 14.0 Å². The molecule has 0 spiro atoms. The third kappa shape index (κ3) is 3.81. The number of nitrogens with zero attached hydrogens (tertiary/aromatic N) is 3. The number of nitrogens with two attached hydrogens (primary N) is 1. The number of likely N-dealkylation sites (tertiary alicyclic amines) is 2. The average Bonchev–Trinajstić information content (AvgIpc) is 3.16. The van der Waals surface area contributed by atoms with Crippen LogP contribution >= 0.6 is 0 Å². The summed E-state index contributed by atoms with van der Waals surface area (Å²) >= 11 is 0. The van der Waals surface area contributed by atoms with Gasteiger partial charge in [-0.2, -0.15) is 0 Å². The summed E-state index contributed by atoms with van der Waals surface area (Å²) in [6.45, 7) is 1.28. The Morgan fingerprint density at radius 2 is 2.00 bits per heavy atom. The molecule has 3 N–H and O–H groups in total. The first kappa shape index (κ1) is 18.9. The normalized spacial score (nSPS) is 23.9. The minimum Gasteiger partial charge on any atom is -0.352 e. The molecule has 1 aromatic rings. The molecule has 5 amide bonds. The molecule has 2 saturated heterocycles. The van der Waals surface area contributed by atoms with E-state index in [1.54, 1.807) is 30.0 Å². The standard InChI is InChI=1S/C18H24FN5O3/c1-22(2)18(27)24-9-12-8-23(15(25)7-21-17(20)26)10-14(12)16(24)11-4-3-5-13(19)6-11/h3-6,12,14,16H,7-10H2,1-2H3,(H3,20,21,26)/t12-,14-,16-/m1/s1. The lowest BCUT2D eigenvalue weighted by Crippen LogP contribution is -2.44. The van der Waals surface area contributed by atoms with Crippen LogP contribution in [0, 0.1) is 17.7 Å². The number of fused-ring (bicyclic) bond motifs is 1. The zero-order chi connectivity index (χ0) is 19.7. The number of primary amides is 1. The monoisotopic (exact) mass is 377 g/mol. The van der Waals surface area contributed by atoms with Crippen molar-refractivity contribution in [2.45, 2.75) is 6.04 Å². The molecule has 1 aromatic carbocycles. The summed E-state index contributed by atoms with van der Waals surface area (Å²) in [6.07, 6.45) is 0. The lowest BCUT2D eigenvalue weighted by molar-refractivity contribution is -0.129. The van der Waals surface area contributed by atoms with Gasteiger partial charge in [0.1, 0.15) is 5.82 Å². The number of nitrogens with one attached hydrogen (secondary N) is 1. The second-order valence-electron chi connectivity index (χ2n) is 7.27. The van der Waals surface area contributed by atoms with E-state index >= 15 is 0 Å². The van der Waals surface area contributed by atoms with Crippen LogP contribution in [0.1, 0.15) is 11.6 Å². The topological polar surface area (TPSA) is 99.0 Å². The summed E-state index contributed by atoms with van der Waals surface area (Å²) < 4.78 is 13.8. The highest BCUT2D eigenvalue weighted by Crippen LogP contribution is 2.45. The molecule has 0 aromatic heterocycles. The van der Waals surface area contributed by atoms with Gasteiger partial charge in [0, 0.05) is 45.6 Å². The molecule has 2 aliphatic rings. The van der Waals surface area contributed by atoms with E-state index in [2.05, 4.69) is 5.32 Å². The SMILES string of the molecule is CN(C)C(=O)N1C[C@H]2CN(C(=O)CNC(N)=O)C[C@H]2[C@H]1c1cccc(F)c1. The van der Waals surface area contributed by atoms with Gasteiger partial charge in [-0.1, -0.05) is 12.1 Å². The fraction of sp³-hybridized carbons (Fsp3) is 0.500. The van der Waals surface area contributed by atoms with E-state index in [4.69, 9.17) is 5.73 Å². The third-order valence-electron chi connectivity index (χ3n) is 5.25. The summed E-state index contributed by atoms with van der Waals surface area (Å²) in [5, 5.41) is 2.31. The van der Waals surface area contributed by atoms with Gasteiger partial charge < -0.3 is 25.8 Å². The van der Waals surface area contributed by atoms with Crippen LogP contribution in [0.3, 0.4) is 0 Å². The van der Waals surface area contributed by atoms with Crippen molar-refractivity contribution in [3.8, 4) is 0 Å². The Labute approximate surface area is 157 Å². The van der Waals surface area contributed by atoms with Crippen molar-refractivity contribution in [2.75, 3.05) is 40.3 Å². The Hall–Kier alpha value is -2.84. The minimum absolute atomic E-state index is 0.00762. The summed E-state index contributed by atoms with van der Waals surface area (Å²) in [5.74, 6) is -0.468. The van der Waals surface area contributed by atoms with Gasteiger partial charge >= 0.3 is 12.1 Å². The van der Waals surface area contributed by atoms with Gasteiger partial charge in [0.25, 0.3) is 0 Å². The van der Waals surface area contributed by atoms with Crippen molar-refractivity contribution < 1.29 is 18.8 Å². The van der Waals surface area contributed by atoms with E-state index in [1.165, 1.54) is 17.0 Å². The predicted octanol–water partition coefficient (Wildman–Crippen LogP) is 0.607. The molecule has 9 heteroatoms. The van der Waals surface area contributed by atoms with Crippen molar-refractivity contribution in [1.82, 2.24) is 20.0 Å². The maximum atomic E-state index is 13.8. The first-order chi connectivity index (χ1) is 12.8. The second-order valence-corrected chi connectivity index (χ2v) is 7.27. The Bertz CT molecular complexity index is 756. The van der Waals surface area contributed by atoms with Crippen LogP contribution in [-0.2, 0) is 4.79 Å². The molecule has 0 radical (unpaired) electrons. The van der Waals surface area contributed by atoms with E-state index in [-0.39, 0.29) is 42.2 Å². The highest BCUT2D eigenvalue weighted by molar-refractivity contribution is 5.83. The summed E-state index contributed by atoms with van der Waals surface area (Å²) in [7, 11) is 3.37. The van der Waals surface area contributed by atoms with Gasteiger partial charge in [-0.3, -0.25) is 4.79 Å². The van der Waals surface area contributed by atoms with Crippen LogP contribution < -0.4 is 11.1 Å². The molecule has 27 heavy (non-hydrogen) atoms. The molecule has 2 heterocycles. The van der Waals surface area contributed by atoms with Gasteiger partial charge in [0.2, 0.25) is 5.91 Å². The van der Waals surface area contributed by atoms with Crippen molar-refractivity contribution in [1.29, 1.82) is 0 Å². The van der Waals surface area contributed by atoms with Crippen LogP contribution in [0.15, 0.2) is 24.3 Å². The quantitative estimate of drug-likeness (QED) is 0.807. The third-order valence-corrected chi connectivity index (χ3v) is 5.25. The second kappa shape index (κ2) is 7.42. The minimum atomic E-state index is -0.747. The maximum Gasteiger partial charge on any atom is 0.320 e. The molecular formula is C18H24FN5O3. The first-order valence-corrected chi connectivity index (χ1v) is 8.82. The number of carbonyl (C=O) groups excluding carboxylic acids is 3. The predicted molar refractivity (Wildman–Crippen MR) is 96.1 cm³/mol. The van der Waals surface area contributed by atoms with Gasteiger partial charge in [0.15, 0.2) is 0 Å². The summed E-state index contributed by atoms with van der Waals surface area (Å²) in [4.78, 5) is 40.7. The van der Waals surface area contributed by atoms with Crippen molar-refractivity contribution in [2.24, 2.45) is 17.6 Å². The number of halogens is 1. The number of carbonyl (C=O) groups is 3. The fourth-order valence-corrected chi connectivity index (χ4v) is 4.09. The summed E-state index contributed by atoms with van der Waals surface area (Å²) in [5.41, 5.74) is 5.74. The zero-order valence-electron chi connectivity index (χ0n) is 15.4. The van der Waals surface area contributed by atoms with Gasteiger partial charge in [-0.15, -0.1) is 0 Å². The molecule has 146 valence electrons. The average molecular weight is 377 g/mol. The Balaban J connectivity index is 1.82.